The Labute approximate surface area is 123 Å². The number of rotatable bonds is 2. The van der Waals surface area contributed by atoms with Gasteiger partial charge in [-0.25, -0.2) is 0 Å². The fourth-order valence-electron chi connectivity index (χ4n) is 2.02. The van der Waals surface area contributed by atoms with Crippen molar-refractivity contribution in [2.75, 3.05) is 0 Å². The topological polar surface area (TPSA) is 87.3 Å². The summed E-state index contributed by atoms with van der Waals surface area (Å²) < 4.78 is 6.87. The first-order valence-electron chi connectivity index (χ1n) is 5.87. The second-order valence-electron chi connectivity index (χ2n) is 4.40. The van der Waals surface area contributed by atoms with Crippen molar-refractivity contribution in [3.8, 4) is 5.75 Å². The van der Waals surface area contributed by atoms with Crippen LogP contribution in [-0.4, -0.2) is 20.3 Å². The molecule has 0 atom stereocenters. The molecule has 1 aliphatic heterocycles. The van der Waals surface area contributed by atoms with Gasteiger partial charge in [-0.1, -0.05) is 11.6 Å². The minimum Gasteiger partial charge on any atom is -0.452 e. The molecular formula is C13H8ClN3O4. The quantitative estimate of drug-likeness (QED) is 0.483. The molecule has 0 unspecified atom stereocenters. The zero-order valence-electron chi connectivity index (χ0n) is 10.7. The summed E-state index contributed by atoms with van der Waals surface area (Å²) in [5.41, 5.74) is 0.515. The Morgan fingerprint density at radius 1 is 1.48 bits per heavy atom. The SMILES string of the molecule is Cn1cnc([N+](=O)[O-])c1/C=C1\Oc2ccc(Cl)cc2C1=O. The molecule has 0 radical (unpaired) electrons. The zero-order chi connectivity index (χ0) is 15.1. The van der Waals surface area contributed by atoms with Gasteiger partial charge in [-0.05, 0) is 28.1 Å². The summed E-state index contributed by atoms with van der Waals surface area (Å²) in [5, 5.41) is 11.3. The first-order valence-corrected chi connectivity index (χ1v) is 6.24. The maximum atomic E-state index is 12.2. The molecule has 0 N–H and O–H groups in total. The van der Waals surface area contributed by atoms with Gasteiger partial charge in [0, 0.05) is 18.1 Å². The Balaban J connectivity index is 2.06. The molecular weight excluding hydrogens is 298 g/mol. The Morgan fingerprint density at radius 2 is 2.24 bits per heavy atom. The Bertz CT molecular complexity index is 810. The summed E-state index contributed by atoms with van der Waals surface area (Å²) in [6.45, 7) is 0. The van der Waals surface area contributed by atoms with E-state index >= 15 is 0 Å². The number of Topliss-reactive ketones (excluding diaryl/α,β-unsaturated/α-hetero) is 1. The number of ether oxygens (including phenoxy) is 1. The van der Waals surface area contributed by atoms with Crippen LogP contribution >= 0.6 is 11.6 Å². The maximum Gasteiger partial charge on any atom is 0.389 e. The largest absolute Gasteiger partial charge is 0.452 e. The van der Waals surface area contributed by atoms with Crippen LogP contribution in [0.1, 0.15) is 16.1 Å². The fraction of sp³-hybridized carbons (Fsp3) is 0.0769. The first-order chi connectivity index (χ1) is 9.97. The van der Waals surface area contributed by atoms with Crippen molar-refractivity contribution in [2.24, 2.45) is 7.05 Å². The number of hydrogen-bond acceptors (Lipinski definition) is 5. The number of halogens is 1. The van der Waals surface area contributed by atoms with E-state index < -0.39 is 4.92 Å². The highest BCUT2D eigenvalue weighted by atomic mass is 35.5. The Kier molecular flexibility index (Phi) is 2.99. The fourth-order valence-corrected chi connectivity index (χ4v) is 2.19. The van der Waals surface area contributed by atoms with E-state index in [9.17, 15) is 14.9 Å². The highest BCUT2D eigenvalue weighted by molar-refractivity contribution is 6.31. The molecule has 0 bridgehead atoms. The van der Waals surface area contributed by atoms with Crippen molar-refractivity contribution in [1.29, 1.82) is 0 Å². The van der Waals surface area contributed by atoms with Gasteiger partial charge in [0.1, 0.15) is 11.4 Å². The lowest BCUT2D eigenvalue weighted by atomic mass is 10.1. The average Bonchev–Trinajstić information content (AvgIpc) is 2.94. The number of carbonyl (C=O) groups excluding carboxylic acids is 1. The van der Waals surface area contributed by atoms with Crippen molar-refractivity contribution in [3.63, 3.8) is 0 Å². The number of nitrogens with zero attached hydrogens (tertiary/aromatic N) is 3. The highest BCUT2D eigenvalue weighted by Crippen LogP contribution is 2.34. The summed E-state index contributed by atoms with van der Waals surface area (Å²) in [6.07, 6.45) is 2.61. The second-order valence-corrected chi connectivity index (χ2v) is 4.84. The number of aryl methyl sites for hydroxylation is 1. The Hall–Kier alpha value is -2.67. The summed E-state index contributed by atoms with van der Waals surface area (Å²) >= 11 is 5.84. The molecule has 8 heteroatoms. The van der Waals surface area contributed by atoms with Crippen LogP contribution in [0, 0.1) is 10.1 Å². The second kappa shape index (κ2) is 4.71. The average molecular weight is 306 g/mol. The molecule has 0 saturated heterocycles. The van der Waals surface area contributed by atoms with Crippen LogP contribution < -0.4 is 4.74 Å². The van der Waals surface area contributed by atoms with Gasteiger partial charge >= 0.3 is 5.82 Å². The lowest BCUT2D eigenvalue weighted by molar-refractivity contribution is -0.389. The summed E-state index contributed by atoms with van der Waals surface area (Å²) in [5.74, 6) is -0.335. The molecule has 0 aliphatic carbocycles. The van der Waals surface area contributed by atoms with E-state index in [-0.39, 0.29) is 23.1 Å². The van der Waals surface area contributed by atoms with Gasteiger partial charge in [0.05, 0.1) is 5.56 Å². The monoisotopic (exact) mass is 305 g/mol. The van der Waals surface area contributed by atoms with Gasteiger partial charge in [0.15, 0.2) is 5.76 Å². The van der Waals surface area contributed by atoms with E-state index in [1.54, 1.807) is 19.2 Å². The van der Waals surface area contributed by atoms with Crippen molar-refractivity contribution in [2.45, 2.75) is 0 Å². The molecule has 1 aromatic carbocycles. The molecule has 1 aliphatic rings. The number of carbonyl (C=O) groups is 1. The van der Waals surface area contributed by atoms with Gasteiger partial charge in [-0.3, -0.25) is 4.79 Å². The van der Waals surface area contributed by atoms with Crippen LogP contribution in [0.5, 0.6) is 5.75 Å². The van der Waals surface area contributed by atoms with Crippen LogP contribution in [0.3, 0.4) is 0 Å². The number of aromatic nitrogens is 2. The number of benzene rings is 1. The van der Waals surface area contributed by atoms with E-state index in [2.05, 4.69) is 4.98 Å². The summed E-state index contributed by atoms with van der Waals surface area (Å²) in [4.78, 5) is 26.2. The molecule has 0 saturated carbocycles. The molecule has 1 aromatic heterocycles. The third-order valence-electron chi connectivity index (χ3n) is 3.03. The van der Waals surface area contributed by atoms with Crippen LogP contribution in [0.25, 0.3) is 6.08 Å². The molecule has 0 fully saturated rings. The molecule has 21 heavy (non-hydrogen) atoms. The molecule has 106 valence electrons. The number of hydrogen-bond donors (Lipinski definition) is 0. The van der Waals surface area contributed by atoms with Crippen LogP contribution in [0.2, 0.25) is 5.02 Å². The van der Waals surface area contributed by atoms with Crippen molar-refractivity contribution < 1.29 is 14.5 Å². The predicted octanol–water partition coefficient (Wildman–Crippen LogP) is 2.60. The van der Waals surface area contributed by atoms with E-state index in [4.69, 9.17) is 16.3 Å². The standard InChI is InChI=1S/C13H8ClN3O4/c1-16-6-15-13(17(19)20)9(16)5-11-12(18)8-4-7(14)2-3-10(8)21-11/h2-6H,1H3/b11-5-. The molecule has 7 nitrogen and oxygen atoms in total. The van der Waals surface area contributed by atoms with Gasteiger partial charge in [-0.2, -0.15) is 0 Å². The Morgan fingerprint density at radius 3 is 2.95 bits per heavy atom. The highest BCUT2D eigenvalue weighted by Gasteiger charge is 2.29. The molecule has 3 rings (SSSR count). The van der Waals surface area contributed by atoms with Gasteiger partial charge in [0.25, 0.3) is 0 Å². The normalized spacial score (nSPS) is 15.1. The van der Waals surface area contributed by atoms with E-state index in [0.717, 1.165) is 0 Å². The lowest BCUT2D eigenvalue weighted by Gasteiger charge is -1.99. The third kappa shape index (κ3) is 2.17. The van der Waals surface area contributed by atoms with Crippen LogP contribution in [-0.2, 0) is 7.05 Å². The number of ketones is 1. The van der Waals surface area contributed by atoms with Gasteiger partial charge in [-0.15, -0.1) is 0 Å². The minimum atomic E-state index is -0.615. The zero-order valence-corrected chi connectivity index (χ0v) is 11.5. The number of allylic oxidation sites excluding steroid dienone is 1. The van der Waals surface area contributed by atoms with Crippen LogP contribution in [0.15, 0.2) is 30.3 Å². The van der Waals surface area contributed by atoms with Gasteiger partial charge < -0.3 is 19.4 Å². The number of nitro groups is 1. The molecule has 0 amide bonds. The third-order valence-corrected chi connectivity index (χ3v) is 3.27. The smallest absolute Gasteiger partial charge is 0.389 e. The predicted molar refractivity (Wildman–Crippen MR) is 74.2 cm³/mol. The van der Waals surface area contributed by atoms with Crippen molar-refractivity contribution in [3.05, 3.63) is 56.7 Å². The van der Waals surface area contributed by atoms with E-state index in [1.807, 2.05) is 0 Å². The molecule has 0 spiro atoms. The lowest BCUT2D eigenvalue weighted by Crippen LogP contribution is -2.01. The number of fused-ring (bicyclic) bond motifs is 1. The van der Waals surface area contributed by atoms with Crippen LogP contribution in [0.4, 0.5) is 5.82 Å². The van der Waals surface area contributed by atoms with E-state index in [0.29, 0.717) is 16.3 Å². The van der Waals surface area contributed by atoms with Gasteiger partial charge in [0.2, 0.25) is 12.1 Å². The molecule has 2 aromatic rings. The minimum absolute atomic E-state index is 0.000957. The first kappa shape index (κ1) is 13.3. The maximum absolute atomic E-state index is 12.2. The van der Waals surface area contributed by atoms with E-state index in [1.165, 1.54) is 23.0 Å². The summed E-state index contributed by atoms with van der Waals surface area (Å²) in [7, 11) is 1.59. The number of imidazole rings is 1. The summed E-state index contributed by atoms with van der Waals surface area (Å²) in [6, 6.07) is 4.68. The molecule has 2 heterocycles. The van der Waals surface area contributed by atoms with Crippen molar-refractivity contribution in [1.82, 2.24) is 9.55 Å². The van der Waals surface area contributed by atoms with Crippen molar-refractivity contribution >= 4 is 29.3 Å².